The molecule has 1 aromatic carbocycles. The van der Waals surface area contributed by atoms with Gasteiger partial charge in [0.25, 0.3) is 6.43 Å². The number of nitrogens with one attached hydrogen (secondary N) is 1. The molecule has 0 saturated carbocycles. The number of esters is 1. The summed E-state index contributed by atoms with van der Waals surface area (Å²) in [7, 11) is 1.29. The lowest BCUT2D eigenvalue weighted by Crippen LogP contribution is -2.24. The zero-order valence-electron chi connectivity index (χ0n) is 9.96. The number of anilines is 1. The van der Waals surface area contributed by atoms with Gasteiger partial charge in [-0.3, -0.25) is 0 Å². The van der Waals surface area contributed by atoms with E-state index in [0.717, 1.165) is 5.56 Å². The summed E-state index contributed by atoms with van der Waals surface area (Å²) in [6.07, 6.45) is -2.44. The molecule has 17 heavy (non-hydrogen) atoms. The molecule has 1 atom stereocenters. The molecule has 5 heteroatoms. The monoisotopic (exact) mass is 243 g/mol. The molecular weight excluding hydrogens is 228 g/mol. The largest absolute Gasteiger partial charge is 0.465 e. The van der Waals surface area contributed by atoms with Crippen molar-refractivity contribution in [3.8, 4) is 0 Å². The third-order valence-electron chi connectivity index (χ3n) is 2.41. The molecule has 1 aromatic rings. The quantitative estimate of drug-likeness (QED) is 0.826. The minimum atomic E-state index is -2.44. The Balaban J connectivity index is 2.87. The second-order valence-electron chi connectivity index (χ2n) is 3.79. The summed E-state index contributed by atoms with van der Waals surface area (Å²) in [5, 5.41) is 2.69. The van der Waals surface area contributed by atoms with Crippen molar-refractivity contribution in [2.75, 3.05) is 12.4 Å². The van der Waals surface area contributed by atoms with E-state index in [-0.39, 0.29) is 0 Å². The van der Waals surface area contributed by atoms with E-state index >= 15 is 0 Å². The Labute approximate surface area is 98.8 Å². The molecule has 1 unspecified atom stereocenters. The molecule has 0 radical (unpaired) electrons. The normalized spacial score (nSPS) is 12.4. The highest BCUT2D eigenvalue weighted by molar-refractivity contribution is 5.90. The predicted molar refractivity (Wildman–Crippen MR) is 61.6 cm³/mol. The Morgan fingerprint density at radius 2 is 2.06 bits per heavy atom. The van der Waals surface area contributed by atoms with E-state index in [0.29, 0.717) is 11.3 Å². The summed E-state index contributed by atoms with van der Waals surface area (Å²) in [5.41, 5.74) is 1.71. The van der Waals surface area contributed by atoms with Crippen LogP contribution in [0.1, 0.15) is 22.8 Å². The predicted octanol–water partition coefficient (Wildman–Crippen LogP) is 2.85. The summed E-state index contributed by atoms with van der Waals surface area (Å²) in [6, 6.07) is 3.81. The number of halogens is 2. The van der Waals surface area contributed by atoms with E-state index in [1.54, 1.807) is 25.1 Å². The van der Waals surface area contributed by atoms with Crippen LogP contribution in [0.3, 0.4) is 0 Å². The molecule has 0 aliphatic heterocycles. The number of hydrogen-bond donors (Lipinski definition) is 1. The van der Waals surface area contributed by atoms with Crippen molar-refractivity contribution < 1.29 is 18.3 Å². The Morgan fingerprint density at radius 1 is 1.41 bits per heavy atom. The molecule has 0 saturated heterocycles. The lowest BCUT2D eigenvalue weighted by molar-refractivity contribution is 0.0600. The molecule has 0 spiro atoms. The van der Waals surface area contributed by atoms with Gasteiger partial charge in [0.15, 0.2) is 0 Å². The Bertz CT molecular complexity index is 407. The minimum Gasteiger partial charge on any atom is -0.465 e. The zero-order chi connectivity index (χ0) is 13.0. The number of rotatable bonds is 4. The maximum absolute atomic E-state index is 12.4. The number of hydrogen-bond acceptors (Lipinski definition) is 3. The fraction of sp³-hybridized carbons (Fsp3) is 0.417. The lowest BCUT2D eigenvalue weighted by atomic mass is 10.1. The fourth-order valence-corrected chi connectivity index (χ4v) is 1.38. The van der Waals surface area contributed by atoms with Crippen LogP contribution in [0.2, 0.25) is 0 Å². The number of benzene rings is 1. The van der Waals surface area contributed by atoms with Crippen molar-refractivity contribution in [2.45, 2.75) is 26.3 Å². The first-order valence-electron chi connectivity index (χ1n) is 5.19. The molecule has 0 bridgehead atoms. The number of alkyl halides is 2. The van der Waals surface area contributed by atoms with Crippen LogP contribution in [0.25, 0.3) is 0 Å². The highest BCUT2D eigenvalue weighted by Crippen LogP contribution is 2.19. The van der Waals surface area contributed by atoms with Gasteiger partial charge in [0.1, 0.15) is 0 Å². The Morgan fingerprint density at radius 3 is 2.53 bits per heavy atom. The topological polar surface area (TPSA) is 38.3 Å². The van der Waals surface area contributed by atoms with Gasteiger partial charge in [-0.25, -0.2) is 13.6 Å². The first-order chi connectivity index (χ1) is 7.95. The van der Waals surface area contributed by atoms with Crippen LogP contribution < -0.4 is 5.32 Å². The third kappa shape index (κ3) is 3.41. The summed E-state index contributed by atoms with van der Waals surface area (Å²) in [5.74, 6) is -0.443. The van der Waals surface area contributed by atoms with Crippen molar-refractivity contribution in [3.05, 3.63) is 29.3 Å². The maximum atomic E-state index is 12.4. The number of methoxy groups -OCH3 is 1. The van der Waals surface area contributed by atoms with Crippen molar-refractivity contribution in [1.29, 1.82) is 0 Å². The van der Waals surface area contributed by atoms with Crippen molar-refractivity contribution in [3.63, 3.8) is 0 Å². The van der Waals surface area contributed by atoms with E-state index in [1.807, 2.05) is 0 Å². The fourth-order valence-electron chi connectivity index (χ4n) is 1.38. The summed E-state index contributed by atoms with van der Waals surface area (Å²) in [4.78, 5) is 11.2. The molecule has 0 heterocycles. The molecule has 0 amide bonds. The van der Waals surface area contributed by atoms with Gasteiger partial charge in [-0.05, 0) is 37.6 Å². The Hall–Kier alpha value is -1.65. The zero-order valence-corrected chi connectivity index (χ0v) is 9.96. The smallest absolute Gasteiger partial charge is 0.337 e. The van der Waals surface area contributed by atoms with Crippen LogP contribution in [-0.4, -0.2) is 25.5 Å². The number of carbonyl (C=O) groups excluding carboxylic acids is 1. The highest BCUT2D eigenvalue weighted by Gasteiger charge is 2.15. The first-order valence-corrected chi connectivity index (χ1v) is 5.19. The van der Waals surface area contributed by atoms with E-state index in [2.05, 4.69) is 10.1 Å². The van der Waals surface area contributed by atoms with E-state index in [1.165, 1.54) is 14.0 Å². The molecule has 1 rings (SSSR count). The molecule has 0 fully saturated rings. The van der Waals surface area contributed by atoms with Crippen LogP contribution in [0, 0.1) is 6.92 Å². The molecule has 0 aromatic heterocycles. The number of aryl methyl sites for hydroxylation is 1. The van der Waals surface area contributed by atoms with Gasteiger partial charge in [0, 0.05) is 5.69 Å². The van der Waals surface area contributed by atoms with Gasteiger partial charge in [0.05, 0.1) is 18.7 Å². The summed E-state index contributed by atoms with van der Waals surface area (Å²) >= 11 is 0. The lowest BCUT2D eigenvalue weighted by Gasteiger charge is -2.16. The average molecular weight is 243 g/mol. The van der Waals surface area contributed by atoms with Crippen LogP contribution in [0.4, 0.5) is 14.5 Å². The highest BCUT2D eigenvalue weighted by atomic mass is 19.3. The number of ether oxygens (including phenoxy) is 1. The minimum absolute atomic E-state index is 0.403. The Kier molecular flexibility index (Phi) is 4.43. The molecule has 0 aliphatic rings. The van der Waals surface area contributed by atoms with Gasteiger partial charge in [-0.15, -0.1) is 0 Å². The van der Waals surface area contributed by atoms with Gasteiger partial charge in [-0.2, -0.15) is 0 Å². The molecular formula is C12H15F2NO2. The third-order valence-corrected chi connectivity index (χ3v) is 2.41. The van der Waals surface area contributed by atoms with Crippen molar-refractivity contribution in [1.82, 2.24) is 0 Å². The SMILES string of the molecule is COC(=O)c1ccc(NC(C)C(F)F)c(C)c1. The molecule has 0 aliphatic carbocycles. The van der Waals surface area contributed by atoms with Gasteiger partial charge in [0.2, 0.25) is 0 Å². The second-order valence-corrected chi connectivity index (χ2v) is 3.79. The summed E-state index contributed by atoms with van der Waals surface area (Å²) < 4.78 is 29.3. The second kappa shape index (κ2) is 5.61. The molecule has 3 nitrogen and oxygen atoms in total. The standard InChI is InChI=1S/C12H15F2NO2/c1-7-6-9(12(16)17-3)4-5-10(7)15-8(2)11(13)14/h4-6,8,11,15H,1-3H3. The van der Waals surface area contributed by atoms with E-state index < -0.39 is 18.4 Å². The van der Waals surface area contributed by atoms with Crippen LogP contribution in [0.15, 0.2) is 18.2 Å². The van der Waals surface area contributed by atoms with Gasteiger partial charge in [-0.1, -0.05) is 0 Å². The molecule has 1 N–H and O–H groups in total. The van der Waals surface area contributed by atoms with Crippen LogP contribution >= 0.6 is 0 Å². The summed E-state index contributed by atoms with van der Waals surface area (Å²) in [6.45, 7) is 3.14. The average Bonchev–Trinajstić information content (AvgIpc) is 2.30. The maximum Gasteiger partial charge on any atom is 0.337 e. The van der Waals surface area contributed by atoms with Gasteiger partial charge >= 0.3 is 5.97 Å². The van der Waals surface area contributed by atoms with Crippen LogP contribution in [-0.2, 0) is 4.74 Å². The van der Waals surface area contributed by atoms with Gasteiger partial charge < -0.3 is 10.1 Å². The van der Waals surface area contributed by atoms with Crippen LogP contribution in [0.5, 0.6) is 0 Å². The van der Waals surface area contributed by atoms with E-state index in [4.69, 9.17) is 0 Å². The number of carbonyl (C=O) groups is 1. The first kappa shape index (κ1) is 13.4. The van der Waals surface area contributed by atoms with Crippen molar-refractivity contribution in [2.24, 2.45) is 0 Å². The van der Waals surface area contributed by atoms with E-state index in [9.17, 15) is 13.6 Å². The molecule has 94 valence electrons. The van der Waals surface area contributed by atoms with Crippen molar-refractivity contribution >= 4 is 11.7 Å².